The molecule has 0 aliphatic carbocycles. The molecule has 2 aromatic rings. The second-order valence-electron chi connectivity index (χ2n) is 6.96. The first kappa shape index (κ1) is 16.4. The van der Waals surface area contributed by atoms with Gasteiger partial charge in [0, 0.05) is 11.3 Å². The summed E-state index contributed by atoms with van der Waals surface area (Å²) in [7, 11) is -1.80. The van der Waals surface area contributed by atoms with Crippen molar-refractivity contribution in [3.63, 3.8) is 0 Å². The van der Waals surface area contributed by atoms with Crippen LogP contribution >= 0.6 is 11.8 Å². The van der Waals surface area contributed by atoms with Crippen LogP contribution in [0.3, 0.4) is 0 Å². The van der Waals surface area contributed by atoms with Gasteiger partial charge in [0.25, 0.3) is 0 Å². The summed E-state index contributed by atoms with van der Waals surface area (Å²) in [4.78, 5) is 1.51. The van der Waals surface area contributed by atoms with Gasteiger partial charge in [-0.15, -0.1) is 0 Å². The Hall–Kier alpha value is -1.46. The van der Waals surface area contributed by atoms with Gasteiger partial charge in [-0.2, -0.15) is 0 Å². The van der Waals surface area contributed by atoms with E-state index >= 15 is 0 Å². The fourth-order valence-electron chi connectivity index (χ4n) is 2.67. The number of hydrogen-bond acceptors (Lipinski definition) is 3. The van der Waals surface area contributed by atoms with E-state index < -0.39 is 8.07 Å². The molecule has 1 aliphatic rings. The first-order valence-electron chi connectivity index (χ1n) is 7.75. The van der Waals surface area contributed by atoms with E-state index in [0.29, 0.717) is 16.4 Å². The van der Waals surface area contributed by atoms with Gasteiger partial charge in [-0.25, -0.2) is 4.39 Å². The Bertz CT molecular complexity index is 753. The van der Waals surface area contributed by atoms with Crippen molar-refractivity contribution in [2.45, 2.75) is 49.4 Å². The van der Waals surface area contributed by atoms with Crippen molar-refractivity contribution in [3.8, 4) is 17.2 Å². The minimum atomic E-state index is -1.80. The average molecular weight is 349 g/mol. The van der Waals surface area contributed by atoms with Gasteiger partial charge >= 0.3 is 0 Å². The maximum atomic E-state index is 14.7. The highest BCUT2D eigenvalue weighted by Gasteiger charge is 2.33. The molecule has 0 N–H and O–H groups in total. The molecule has 3 rings (SSSR count). The van der Waals surface area contributed by atoms with Gasteiger partial charge in [-0.3, -0.25) is 0 Å². The van der Waals surface area contributed by atoms with E-state index in [9.17, 15) is 4.39 Å². The molecule has 5 heteroatoms. The quantitative estimate of drug-likeness (QED) is 0.589. The highest BCUT2D eigenvalue weighted by Crippen LogP contribution is 2.49. The molecule has 2 nitrogen and oxygen atoms in total. The first-order chi connectivity index (χ1) is 10.8. The smallest absolute Gasteiger partial charge is 0.147 e. The van der Waals surface area contributed by atoms with Crippen LogP contribution < -0.4 is 14.7 Å². The summed E-state index contributed by atoms with van der Waals surface area (Å²) in [6.45, 7) is 10.6. The van der Waals surface area contributed by atoms with Crippen LogP contribution in [0.4, 0.5) is 4.39 Å². The van der Waals surface area contributed by atoms with Crippen LogP contribution in [0.1, 0.15) is 13.8 Å². The highest BCUT2D eigenvalue weighted by molar-refractivity contribution is 7.99. The van der Waals surface area contributed by atoms with Crippen LogP contribution in [0.5, 0.6) is 17.2 Å². The van der Waals surface area contributed by atoms with Gasteiger partial charge in [0.1, 0.15) is 23.1 Å². The summed E-state index contributed by atoms with van der Waals surface area (Å²) >= 11 is 1.43. The van der Waals surface area contributed by atoms with E-state index in [0.717, 1.165) is 15.8 Å². The summed E-state index contributed by atoms with van der Waals surface area (Å²) in [6.07, 6.45) is -0.00826. The average Bonchev–Trinajstić information content (AvgIpc) is 2.43. The lowest BCUT2D eigenvalue weighted by Gasteiger charge is -2.30. The summed E-state index contributed by atoms with van der Waals surface area (Å²) in [5, 5.41) is 1.05. The lowest BCUT2D eigenvalue weighted by molar-refractivity contribution is 0.242. The third-order valence-electron chi connectivity index (χ3n) is 3.54. The van der Waals surface area contributed by atoms with Crippen LogP contribution in [-0.4, -0.2) is 14.2 Å². The first-order valence-corrected chi connectivity index (χ1v) is 12.1. The summed E-state index contributed by atoms with van der Waals surface area (Å²) in [5.74, 6) is 1.77. The number of halogens is 1. The predicted octanol–water partition coefficient (Wildman–Crippen LogP) is 5.42. The summed E-state index contributed by atoms with van der Waals surface area (Å²) < 4.78 is 26.7. The number of fused-ring (bicyclic) bond motifs is 2. The molecular weight excluding hydrogens is 327 g/mol. The fourth-order valence-corrected chi connectivity index (χ4v) is 5.46. The van der Waals surface area contributed by atoms with Crippen molar-refractivity contribution < 1.29 is 13.9 Å². The Morgan fingerprint density at radius 2 is 1.87 bits per heavy atom. The van der Waals surface area contributed by atoms with E-state index in [2.05, 4.69) is 19.6 Å². The molecule has 0 spiro atoms. The van der Waals surface area contributed by atoms with Crippen LogP contribution in [0.15, 0.2) is 40.1 Å². The van der Waals surface area contributed by atoms with E-state index in [1.165, 1.54) is 17.8 Å². The molecular formula is C18H21FO2SSi. The molecule has 0 aromatic heterocycles. The standard InChI is InChI=1S/C18H21FO2SSi/c1-11(2)20-14-10-12(19)17-16(18(14)23(3,4)5)21-13-8-6-7-9-15(13)22-17/h6-11H,1-5H3. The van der Waals surface area contributed by atoms with Gasteiger partial charge in [-0.05, 0) is 26.0 Å². The SMILES string of the molecule is CC(C)Oc1cc(F)c2c(c1[Si](C)(C)C)Oc1ccccc1S2. The minimum absolute atomic E-state index is 0.00826. The van der Waals surface area contributed by atoms with E-state index in [4.69, 9.17) is 9.47 Å². The van der Waals surface area contributed by atoms with Crippen LogP contribution in [0.2, 0.25) is 19.6 Å². The molecule has 2 aromatic carbocycles. The molecule has 0 bridgehead atoms. The van der Waals surface area contributed by atoms with Crippen molar-refractivity contribution in [2.75, 3.05) is 0 Å². The Morgan fingerprint density at radius 1 is 1.17 bits per heavy atom. The van der Waals surface area contributed by atoms with E-state index in [-0.39, 0.29) is 11.9 Å². The highest BCUT2D eigenvalue weighted by atomic mass is 32.2. The van der Waals surface area contributed by atoms with Crippen molar-refractivity contribution in [3.05, 3.63) is 36.1 Å². The number of ether oxygens (including phenoxy) is 2. The Balaban J connectivity index is 2.21. The molecule has 0 fully saturated rings. The van der Waals surface area contributed by atoms with Crippen molar-refractivity contribution in [1.82, 2.24) is 0 Å². The van der Waals surface area contributed by atoms with Gasteiger partial charge in [0.05, 0.1) is 24.0 Å². The Labute approximate surface area is 142 Å². The molecule has 0 saturated heterocycles. The molecule has 0 amide bonds. The van der Waals surface area contributed by atoms with Gasteiger partial charge < -0.3 is 9.47 Å². The largest absolute Gasteiger partial charge is 0.491 e. The van der Waals surface area contributed by atoms with Gasteiger partial charge in [-0.1, -0.05) is 43.5 Å². The topological polar surface area (TPSA) is 18.5 Å². The molecule has 122 valence electrons. The molecule has 0 saturated carbocycles. The zero-order chi connectivity index (χ0) is 16.8. The molecule has 0 unspecified atom stereocenters. The predicted molar refractivity (Wildman–Crippen MR) is 95.8 cm³/mol. The van der Waals surface area contributed by atoms with Crippen molar-refractivity contribution >= 4 is 25.0 Å². The number of benzene rings is 2. The zero-order valence-electron chi connectivity index (χ0n) is 14.1. The third-order valence-corrected chi connectivity index (χ3v) is 6.66. The van der Waals surface area contributed by atoms with Crippen LogP contribution in [-0.2, 0) is 0 Å². The van der Waals surface area contributed by atoms with Gasteiger partial charge in [0.15, 0.2) is 0 Å². The number of rotatable bonds is 3. The number of para-hydroxylation sites is 1. The Kier molecular flexibility index (Phi) is 4.19. The monoisotopic (exact) mass is 348 g/mol. The van der Waals surface area contributed by atoms with Crippen LogP contribution in [0.25, 0.3) is 0 Å². The summed E-state index contributed by atoms with van der Waals surface area (Å²) in [5.41, 5.74) is 0. The lowest BCUT2D eigenvalue weighted by atomic mass is 10.2. The van der Waals surface area contributed by atoms with Crippen molar-refractivity contribution in [2.24, 2.45) is 0 Å². The van der Waals surface area contributed by atoms with E-state index in [1.807, 2.05) is 38.1 Å². The second-order valence-corrected chi connectivity index (χ2v) is 13.0. The second kappa shape index (κ2) is 5.87. The lowest BCUT2D eigenvalue weighted by Crippen LogP contribution is -2.41. The Morgan fingerprint density at radius 3 is 2.52 bits per heavy atom. The molecule has 1 heterocycles. The molecule has 0 atom stereocenters. The van der Waals surface area contributed by atoms with Gasteiger partial charge in [0.2, 0.25) is 0 Å². The maximum Gasteiger partial charge on any atom is 0.147 e. The molecule has 23 heavy (non-hydrogen) atoms. The van der Waals surface area contributed by atoms with Crippen molar-refractivity contribution in [1.29, 1.82) is 0 Å². The summed E-state index contributed by atoms with van der Waals surface area (Å²) in [6, 6.07) is 9.27. The maximum absolute atomic E-state index is 14.7. The van der Waals surface area contributed by atoms with Crippen LogP contribution in [0, 0.1) is 5.82 Å². The third kappa shape index (κ3) is 3.12. The minimum Gasteiger partial charge on any atom is -0.491 e. The fraction of sp³-hybridized carbons (Fsp3) is 0.333. The number of hydrogen-bond donors (Lipinski definition) is 0. The zero-order valence-corrected chi connectivity index (χ0v) is 15.9. The molecule has 1 aliphatic heterocycles. The normalized spacial score (nSPS) is 13.3. The van der Waals surface area contributed by atoms with E-state index in [1.54, 1.807) is 0 Å². The molecule has 0 radical (unpaired) electrons.